The average molecular weight is 313 g/mol. The van der Waals surface area contributed by atoms with Crippen molar-refractivity contribution in [3.63, 3.8) is 0 Å². The van der Waals surface area contributed by atoms with Crippen molar-refractivity contribution in [3.05, 3.63) is 24.3 Å². The number of hydrogen-bond acceptors (Lipinski definition) is 3. The summed E-state index contributed by atoms with van der Waals surface area (Å²) in [5.41, 5.74) is 5.69. The van der Waals surface area contributed by atoms with Crippen LogP contribution in [0.3, 0.4) is 0 Å². The fraction of sp³-hybridized carbons (Fsp3) is 0.417. The molecule has 0 unspecified atom stereocenters. The molecule has 0 aliphatic rings. The van der Waals surface area contributed by atoms with E-state index in [-0.39, 0.29) is 23.8 Å². The first kappa shape index (κ1) is 18.5. The van der Waals surface area contributed by atoms with E-state index in [9.17, 15) is 18.0 Å². The van der Waals surface area contributed by atoms with Crippen molar-refractivity contribution in [3.8, 4) is 5.75 Å². The lowest BCUT2D eigenvalue weighted by Crippen LogP contribution is -2.35. The molecule has 0 saturated carbocycles. The number of anilines is 1. The van der Waals surface area contributed by atoms with Crippen LogP contribution in [-0.2, 0) is 4.79 Å². The number of hydrogen-bond donors (Lipinski definition) is 2. The molecular weight excluding hydrogens is 297 g/mol. The van der Waals surface area contributed by atoms with Crippen molar-refractivity contribution >= 4 is 24.0 Å². The molecule has 0 spiro atoms. The van der Waals surface area contributed by atoms with Gasteiger partial charge in [0.05, 0.1) is 11.7 Å². The number of para-hydroxylation sites is 2. The predicted molar refractivity (Wildman–Crippen MR) is 72.1 cm³/mol. The molecular formula is C12H16ClF3N2O2. The molecule has 0 bridgehead atoms. The second-order valence-electron chi connectivity index (χ2n) is 3.90. The van der Waals surface area contributed by atoms with E-state index in [2.05, 4.69) is 10.1 Å². The number of rotatable bonds is 5. The van der Waals surface area contributed by atoms with Crippen LogP contribution in [0.15, 0.2) is 24.3 Å². The molecule has 1 atom stereocenters. The Labute approximate surface area is 120 Å². The first-order valence-electron chi connectivity index (χ1n) is 5.68. The molecule has 0 aliphatic heterocycles. The Kier molecular flexibility index (Phi) is 7.38. The highest BCUT2D eigenvalue weighted by atomic mass is 35.5. The van der Waals surface area contributed by atoms with Gasteiger partial charge in [-0.25, -0.2) is 0 Å². The highest BCUT2D eigenvalue weighted by molar-refractivity contribution is 5.95. The van der Waals surface area contributed by atoms with Crippen LogP contribution in [-0.4, -0.2) is 24.7 Å². The number of carbonyl (C=O) groups is 1. The maximum Gasteiger partial charge on any atom is 0.422 e. The van der Waals surface area contributed by atoms with E-state index in [1.165, 1.54) is 18.2 Å². The molecule has 0 fully saturated rings. The van der Waals surface area contributed by atoms with Gasteiger partial charge in [-0.1, -0.05) is 19.1 Å². The number of alkyl halides is 3. The normalized spacial score (nSPS) is 12.2. The third-order valence-electron chi connectivity index (χ3n) is 2.31. The zero-order valence-electron chi connectivity index (χ0n) is 10.7. The Bertz CT molecular complexity index is 441. The molecule has 0 heterocycles. The molecule has 4 nitrogen and oxygen atoms in total. The Morgan fingerprint density at radius 1 is 1.40 bits per heavy atom. The van der Waals surface area contributed by atoms with Crippen LogP contribution in [0, 0.1) is 0 Å². The topological polar surface area (TPSA) is 64.4 Å². The Morgan fingerprint density at radius 3 is 2.55 bits per heavy atom. The minimum Gasteiger partial charge on any atom is -0.482 e. The zero-order valence-corrected chi connectivity index (χ0v) is 11.6. The zero-order chi connectivity index (χ0) is 14.5. The van der Waals surface area contributed by atoms with Gasteiger partial charge in [-0.3, -0.25) is 4.79 Å². The summed E-state index contributed by atoms with van der Waals surface area (Å²) in [5.74, 6) is -0.512. The Morgan fingerprint density at radius 2 is 2.00 bits per heavy atom. The summed E-state index contributed by atoms with van der Waals surface area (Å²) >= 11 is 0. The summed E-state index contributed by atoms with van der Waals surface area (Å²) < 4.78 is 40.9. The van der Waals surface area contributed by atoms with E-state index in [0.717, 1.165) is 0 Å². The summed E-state index contributed by atoms with van der Waals surface area (Å²) in [6.45, 7) is 0.315. The SMILES string of the molecule is CC[C@H](N)C(=O)Nc1ccccc1OCC(F)(F)F.Cl. The Balaban J connectivity index is 0.00000361. The molecule has 114 valence electrons. The van der Waals surface area contributed by atoms with Gasteiger partial charge in [0.15, 0.2) is 6.61 Å². The minimum atomic E-state index is -4.43. The number of benzene rings is 1. The van der Waals surface area contributed by atoms with Crippen molar-refractivity contribution in [1.29, 1.82) is 0 Å². The Hall–Kier alpha value is -1.47. The highest BCUT2D eigenvalue weighted by Crippen LogP contribution is 2.26. The molecule has 1 aromatic rings. The van der Waals surface area contributed by atoms with Gasteiger partial charge in [-0.05, 0) is 18.6 Å². The number of amides is 1. The third-order valence-corrected chi connectivity index (χ3v) is 2.31. The predicted octanol–water partition coefficient (Wildman–Crippen LogP) is 2.73. The van der Waals surface area contributed by atoms with Gasteiger partial charge in [0.2, 0.25) is 5.91 Å². The number of carbonyl (C=O) groups excluding carboxylic acids is 1. The smallest absolute Gasteiger partial charge is 0.422 e. The molecule has 1 aromatic carbocycles. The average Bonchev–Trinajstić information content (AvgIpc) is 2.35. The molecule has 8 heteroatoms. The summed E-state index contributed by atoms with van der Waals surface area (Å²) in [5, 5.41) is 2.44. The van der Waals surface area contributed by atoms with Crippen molar-refractivity contribution in [1.82, 2.24) is 0 Å². The maximum absolute atomic E-state index is 12.1. The lowest BCUT2D eigenvalue weighted by molar-refractivity contribution is -0.153. The summed E-state index contributed by atoms with van der Waals surface area (Å²) in [4.78, 5) is 11.6. The van der Waals surface area contributed by atoms with Crippen molar-refractivity contribution in [2.24, 2.45) is 5.73 Å². The van der Waals surface area contributed by atoms with Crippen molar-refractivity contribution < 1.29 is 22.7 Å². The van der Waals surface area contributed by atoms with E-state index in [1.54, 1.807) is 13.0 Å². The van der Waals surface area contributed by atoms with E-state index >= 15 is 0 Å². The first-order valence-corrected chi connectivity index (χ1v) is 5.68. The van der Waals surface area contributed by atoms with Gasteiger partial charge in [0.25, 0.3) is 0 Å². The molecule has 20 heavy (non-hydrogen) atoms. The standard InChI is InChI=1S/C12H15F3N2O2.ClH/c1-2-8(16)11(18)17-9-5-3-4-6-10(9)19-7-12(13,14)15;/h3-6,8H,2,7,16H2,1H3,(H,17,18);1H/t8-;/m0./s1. The van der Waals surface area contributed by atoms with Crippen molar-refractivity contribution in [2.45, 2.75) is 25.6 Å². The monoisotopic (exact) mass is 312 g/mol. The molecule has 3 N–H and O–H groups in total. The second-order valence-corrected chi connectivity index (χ2v) is 3.90. The quantitative estimate of drug-likeness (QED) is 0.878. The number of nitrogens with one attached hydrogen (secondary N) is 1. The van der Waals surface area contributed by atoms with Crippen LogP contribution >= 0.6 is 12.4 Å². The van der Waals surface area contributed by atoms with Gasteiger partial charge in [0.1, 0.15) is 5.75 Å². The third kappa shape index (κ3) is 6.12. The van der Waals surface area contributed by atoms with E-state index in [4.69, 9.17) is 5.73 Å². The molecule has 1 amide bonds. The largest absolute Gasteiger partial charge is 0.482 e. The van der Waals surface area contributed by atoms with Crippen LogP contribution in [0.25, 0.3) is 0 Å². The second kappa shape index (κ2) is 7.96. The molecule has 0 aliphatic carbocycles. The van der Waals surface area contributed by atoms with E-state index in [0.29, 0.717) is 6.42 Å². The minimum absolute atomic E-state index is 0. The fourth-order valence-corrected chi connectivity index (χ4v) is 1.27. The number of halogens is 4. The van der Waals surface area contributed by atoms with Crippen LogP contribution in [0.2, 0.25) is 0 Å². The molecule has 1 rings (SSSR count). The number of nitrogens with two attached hydrogens (primary N) is 1. The fourth-order valence-electron chi connectivity index (χ4n) is 1.27. The van der Waals surface area contributed by atoms with Gasteiger partial charge < -0.3 is 15.8 Å². The van der Waals surface area contributed by atoms with E-state index in [1.807, 2.05) is 0 Å². The lowest BCUT2D eigenvalue weighted by atomic mass is 10.2. The van der Waals surface area contributed by atoms with Gasteiger partial charge in [0, 0.05) is 0 Å². The van der Waals surface area contributed by atoms with Gasteiger partial charge in [-0.2, -0.15) is 13.2 Å². The van der Waals surface area contributed by atoms with Crippen molar-refractivity contribution in [2.75, 3.05) is 11.9 Å². The van der Waals surface area contributed by atoms with Gasteiger partial charge in [-0.15, -0.1) is 12.4 Å². The molecule has 0 radical (unpaired) electrons. The lowest BCUT2D eigenvalue weighted by Gasteiger charge is -2.15. The number of ether oxygens (including phenoxy) is 1. The van der Waals surface area contributed by atoms with Gasteiger partial charge >= 0.3 is 6.18 Å². The maximum atomic E-state index is 12.1. The molecule has 0 aromatic heterocycles. The van der Waals surface area contributed by atoms with Crippen LogP contribution in [0.4, 0.5) is 18.9 Å². The summed E-state index contributed by atoms with van der Waals surface area (Å²) in [6, 6.07) is 5.18. The van der Waals surface area contributed by atoms with Crippen LogP contribution in [0.5, 0.6) is 5.75 Å². The molecule has 0 saturated heterocycles. The highest BCUT2D eigenvalue weighted by Gasteiger charge is 2.29. The van der Waals surface area contributed by atoms with E-state index < -0.39 is 24.7 Å². The summed E-state index contributed by atoms with van der Waals surface area (Å²) in [6.07, 6.45) is -4.01. The van der Waals surface area contributed by atoms with Crippen LogP contribution in [0.1, 0.15) is 13.3 Å². The van der Waals surface area contributed by atoms with Crippen LogP contribution < -0.4 is 15.8 Å². The first-order chi connectivity index (χ1) is 8.83. The summed E-state index contributed by atoms with van der Waals surface area (Å²) in [7, 11) is 0.